The normalized spacial score (nSPS) is 11.8. The summed E-state index contributed by atoms with van der Waals surface area (Å²) in [5, 5.41) is 3.99. The predicted molar refractivity (Wildman–Crippen MR) is 72.0 cm³/mol. The molecule has 4 nitrogen and oxygen atoms in total. The Bertz CT molecular complexity index is 552. The maximum absolute atomic E-state index is 5.97. The van der Waals surface area contributed by atoms with E-state index in [0.717, 1.165) is 17.5 Å². The first-order valence-corrected chi connectivity index (χ1v) is 6.04. The van der Waals surface area contributed by atoms with Crippen molar-refractivity contribution in [3.8, 4) is 11.4 Å². The minimum absolute atomic E-state index is 0.128. The number of hydrogen-bond acceptors (Lipinski definition) is 4. The van der Waals surface area contributed by atoms with Crippen LogP contribution in [0.1, 0.15) is 32.2 Å². The average molecular weight is 245 g/mol. The van der Waals surface area contributed by atoms with E-state index < -0.39 is 0 Å². The molecule has 0 fully saturated rings. The average Bonchev–Trinajstić information content (AvgIpc) is 2.63. The summed E-state index contributed by atoms with van der Waals surface area (Å²) >= 11 is 0. The van der Waals surface area contributed by atoms with Gasteiger partial charge in [-0.2, -0.15) is 4.98 Å². The summed E-state index contributed by atoms with van der Waals surface area (Å²) in [5.41, 5.74) is 8.72. The number of hydrogen-bond donors (Lipinski definition) is 1. The number of nitrogens with two attached hydrogens (primary N) is 1. The molecular weight excluding hydrogens is 226 g/mol. The van der Waals surface area contributed by atoms with Gasteiger partial charge in [0.05, 0.1) is 0 Å². The highest BCUT2D eigenvalue weighted by molar-refractivity contribution is 5.71. The number of anilines is 1. The van der Waals surface area contributed by atoms with E-state index >= 15 is 0 Å². The molecule has 0 saturated carbocycles. The highest BCUT2D eigenvalue weighted by atomic mass is 16.5. The van der Waals surface area contributed by atoms with Gasteiger partial charge < -0.3 is 10.3 Å². The molecule has 18 heavy (non-hydrogen) atoms. The van der Waals surface area contributed by atoms with E-state index in [1.807, 2.05) is 25.1 Å². The number of aromatic nitrogens is 2. The Balaban J connectivity index is 2.29. The summed E-state index contributed by atoms with van der Waals surface area (Å²) in [5.74, 6) is 1.21. The Kier molecular flexibility index (Phi) is 3.11. The van der Waals surface area contributed by atoms with Gasteiger partial charge in [0.25, 0.3) is 0 Å². The second-order valence-corrected chi connectivity index (χ2v) is 5.84. The molecule has 2 aromatic rings. The number of rotatable bonds is 2. The van der Waals surface area contributed by atoms with Crippen LogP contribution in [0.2, 0.25) is 0 Å². The lowest BCUT2D eigenvalue weighted by molar-refractivity contribution is 0.314. The highest BCUT2D eigenvalue weighted by Gasteiger charge is 2.17. The minimum Gasteiger partial charge on any atom is -0.398 e. The maximum atomic E-state index is 5.97. The van der Waals surface area contributed by atoms with E-state index in [-0.39, 0.29) is 5.41 Å². The van der Waals surface area contributed by atoms with Crippen LogP contribution in [0.5, 0.6) is 0 Å². The van der Waals surface area contributed by atoms with Crippen LogP contribution in [0.15, 0.2) is 22.7 Å². The van der Waals surface area contributed by atoms with E-state index in [0.29, 0.717) is 17.4 Å². The Labute approximate surface area is 107 Å². The maximum Gasteiger partial charge on any atom is 0.227 e. The van der Waals surface area contributed by atoms with Crippen molar-refractivity contribution in [2.24, 2.45) is 5.41 Å². The topological polar surface area (TPSA) is 64.9 Å². The molecular formula is C14H19N3O. The van der Waals surface area contributed by atoms with E-state index in [9.17, 15) is 0 Å². The first kappa shape index (κ1) is 12.6. The fourth-order valence-electron chi connectivity index (χ4n) is 1.78. The number of nitrogens with zero attached hydrogens (tertiary/aromatic N) is 2. The molecule has 0 aliphatic rings. The van der Waals surface area contributed by atoms with Gasteiger partial charge in [-0.25, -0.2) is 0 Å². The van der Waals surface area contributed by atoms with E-state index in [4.69, 9.17) is 10.3 Å². The summed E-state index contributed by atoms with van der Waals surface area (Å²) in [6.45, 7) is 8.41. The lowest BCUT2D eigenvalue weighted by atomic mass is 9.92. The van der Waals surface area contributed by atoms with Crippen LogP contribution in [0.25, 0.3) is 11.4 Å². The summed E-state index contributed by atoms with van der Waals surface area (Å²) in [6, 6.07) is 5.83. The molecule has 1 heterocycles. The number of nitrogen functional groups attached to an aromatic ring is 1. The van der Waals surface area contributed by atoms with Gasteiger partial charge in [-0.1, -0.05) is 32.0 Å². The lowest BCUT2D eigenvalue weighted by Gasteiger charge is -2.13. The molecule has 0 spiro atoms. The molecule has 1 aromatic carbocycles. The van der Waals surface area contributed by atoms with Gasteiger partial charge in [-0.05, 0) is 30.0 Å². The fourth-order valence-corrected chi connectivity index (χ4v) is 1.78. The van der Waals surface area contributed by atoms with Crippen LogP contribution in [-0.2, 0) is 6.42 Å². The standard InChI is InChI=1S/C14H19N3O/c1-9-5-6-10(11(15)7-9)13-16-12(18-17-13)8-14(2,3)4/h5-7H,8,15H2,1-4H3. The van der Waals surface area contributed by atoms with Crippen LogP contribution in [0.4, 0.5) is 5.69 Å². The Hall–Kier alpha value is -1.84. The third-order valence-electron chi connectivity index (χ3n) is 2.60. The van der Waals surface area contributed by atoms with Crippen molar-refractivity contribution in [1.82, 2.24) is 10.1 Å². The smallest absolute Gasteiger partial charge is 0.227 e. The zero-order chi connectivity index (χ0) is 13.3. The van der Waals surface area contributed by atoms with Crippen LogP contribution in [-0.4, -0.2) is 10.1 Å². The molecule has 0 aliphatic heterocycles. The second kappa shape index (κ2) is 4.44. The summed E-state index contributed by atoms with van der Waals surface area (Å²) in [7, 11) is 0. The van der Waals surface area contributed by atoms with Crippen LogP contribution < -0.4 is 5.73 Å². The highest BCUT2D eigenvalue weighted by Crippen LogP contribution is 2.26. The number of benzene rings is 1. The van der Waals surface area contributed by atoms with Gasteiger partial charge in [-0.15, -0.1) is 0 Å². The van der Waals surface area contributed by atoms with Crippen molar-refractivity contribution in [2.45, 2.75) is 34.1 Å². The van der Waals surface area contributed by atoms with Crippen molar-refractivity contribution < 1.29 is 4.52 Å². The molecule has 4 heteroatoms. The molecule has 0 saturated heterocycles. The Morgan fingerprint density at radius 2 is 2.00 bits per heavy atom. The van der Waals surface area contributed by atoms with Gasteiger partial charge in [0, 0.05) is 17.7 Å². The van der Waals surface area contributed by atoms with Gasteiger partial charge >= 0.3 is 0 Å². The SMILES string of the molecule is Cc1ccc(-c2noc(CC(C)(C)C)n2)c(N)c1. The fraction of sp³-hybridized carbons (Fsp3) is 0.429. The largest absolute Gasteiger partial charge is 0.398 e. The first-order valence-electron chi connectivity index (χ1n) is 6.04. The molecule has 96 valence electrons. The molecule has 0 amide bonds. The summed E-state index contributed by atoms with van der Waals surface area (Å²) in [4.78, 5) is 4.40. The van der Waals surface area contributed by atoms with Crippen molar-refractivity contribution in [3.63, 3.8) is 0 Å². The van der Waals surface area contributed by atoms with Gasteiger partial charge in [0.15, 0.2) is 0 Å². The first-order chi connectivity index (χ1) is 8.35. The quantitative estimate of drug-likeness (QED) is 0.825. The Morgan fingerprint density at radius 1 is 1.28 bits per heavy atom. The summed E-state index contributed by atoms with van der Waals surface area (Å²) < 4.78 is 5.26. The molecule has 0 radical (unpaired) electrons. The molecule has 0 atom stereocenters. The van der Waals surface area contributed by atoms with Crippen LogP contribution in [0, 0.1) is 12.3 Å². The zero-order valence-electron chi connectivity index (χ0n) is 11.3. The van der Waals surface area contributed by atoms with E-state index in [1.165, 1.54) is 0 Å². The minimum atomic E-state index is 0.128. The molecule has 2 rings (SSSR count). The van der Waals surface area contributed by atoms with E-state index in [1.54, 1.807) is 0 Å². The molecule has 0 bridgehead atoms. The van der Waals surface area contributed by atoms with Crippen molar-refractivity contribution in [2.75, 3.05) is 5.73 Å². The molecule has 0 unspecified atom stereocenters. The van der Waals surface area contributed by atoms with E-state index in [2.05, 4.69) is 30.9 Å². The van der Waals surface area contributed by atoms with Crippen molar-refractivity contribution in [3.05, 3.63) is 29.7 Å². The summed E-state index contributed by atoms with van der Waals surface area (Å²) in [6.07, 6.45) is 0.756. The molecule has 2 N–H and O–H groups in total. The molecule has 1 aromatic heterocycles. The number of aryl methyl sites for hydroxylation is 1. The second-order valence-electron chi connectivity index (χ2n) is 5.84. The monoisotopic (exact) mass is 245 g/mol. The molecule has 0 aliphatic carbocycles. The van der Waals surface area contributed by atoms with Crippen molar-refractivity contribution >= 4 is 5.69 Å². The zero-order valence-corrected chi connectivity index (χ0v) is 11.3. The third-order valence-corrected chi connectivity index (χ3v) is 2.60. The van der Waals surface area contributed by atoms with Crippen LogP contribution >= 0.6 is 0 Å². The third kappa shape index (κ3) is 2.88. The lowest BCUT2D eigenvalue weighted by Crippen LogP contribution is -2.09. The van der Waals surface area contributed by atoms with Gasteiger partial charge in [0.1, 0.15) is 0 Å². The van der Waals surface area contributed by atoms with Gasteiger partial charge in [-0.3, -0.25) is 0 Å². The Morgan fingerprint density at radius 3 is 2.61 bits per heavy atom. The van der Waals surface area contributed by atoms with Crippen LogP contribution in [0.3, 0.4) is 0 Å². The van der Waals surface area contributed by atoms with Crippen molar-refractivity contribution in [1.29, 1.82) is 0 Å². The van der Waals surface area contributed by atoms with Gasteiger partial charge in [0.2, 0.25) is 11.7 Å². The predicted octanol–water partition coefficient (Wildman–Crippen LogP) is 3.22.